The number of nitrogens with zero attached hydrogens (tertiary/aromatic N) is 1. The normalized spacial score (nSPS) is 14.0. The number of hydrogen-bond donors (Lipinski definition) is 1. The number of anilines is 1. The highest BCUT2D eigenvalue weighted by Gasteiger charge is 2.27. The van der Waals surface area contributed by atoms with Crippen LogP contribution in [0.2, 0.25) is 0 Å². The molecule has 0 unspecified atom stereocenters. The Kier molecular flexibility index (Phi) is 8.18. The van der Waals surface area contributed by atoms with Gasteiger partial charge in [0, 0.05) is 18.8 Å². The van der Waals surface area contributed by atoms with E-state index in [1.807, 2.05) is 6.92 Å². The summed E-state index contributed by atoms with van der Waals surface area (Å²) < 4.78 is 36.8. The number of ether oxygens (including phenoxy) is 2. The van der Waals surface area contributed by atoms with E-state index in [0.29, 0.717) is 30.9 Å². The minimum atomic E-state index is -3.67. The Morgan fingerprint density at radius 3 is 2.27 bits per heavy atom. The monoisotopic (exact) mass is 474 g/mol. The molecule has 0 aromatic heterocycles. The van der Waals surface area contributed by atoms with Crippen molar-refractivity contribution in [3.8, 4) is 0 Å². The lowest BCUT2D eigenvalue weighted by atomic mass is 10.2. The quantitative estimate of drug-likeness (QED) is 0.555. The fraction of sp³-hybridized carbons (Fsp3) is 0.348. The van der Waals surface area contributed by atoms with E-state index in [9.17, 15) is 22.8 Å². The minimum Gasteiger partial charge on any atom is -0.462 e. The van der Waals surface area contributed by atoms with Gasteiger partial charge >= 0.3 is 11.9 Å². The Balaban J connectivity index is 1.54. The van der Waals surface area contributed by atoms with Gasteiger partial charge in [-0.1, -0.05) is 13.0 Å². The zero-order valence-corrected chi connectivity index (χ0v) is 19.1. The van der Waals surface area contributed by atoms with Crippen molar-refractivity contribution in [3.63, 3.8) is 0 Å². The van der Waals surface area contributed by atoms with Crippen LogP contribution in [0.1, 0.15) is 46.9 Å². The van der Waals surface area contributed by atoms with Gasteiger partial charge in [0.25, 0.3) is 5.91 Å². The molecular formula is C23H26N2O7S. The van der Waals surface area contributed by atoms with E-state index in [2.05, 4.69) is 5.32 Å². The molecular weight excluding hydrogens is 448 g/mol. The second-order valence-electron chi connectivity index (χ2n) is 7.48. The van der Waals surface area contributed by atoms with Gasteiger partial charge in [-0.15, -0.1) is 0 Å². The fourth-order valence-electron chi connectivity index (χ4n) is 3.24. The largest absolute Gasteiger partial charge is 0.462 e. The van der Waals surface area contributed by atoms with Crippen LogP contribution in [0.5, 0.6) is 0 Å². The lowest BCUT2D eigenvalue weighted by Gasteiger charge is -2.15. The van der Waals surface area contributed by atoms with Crippen LogP contribution in [0, 0.1) is 0 Å². The van der Waals surface area contributed by atoms with E-state index in [4.69, 9.17) is 9.47 Å². The standard InChI is InChI=1S/C23H26N2O7S/c1-2-14-31-22(27)17-8-10-19(11-9-17)24-21(26)16-32-23(28)18-6-5-7-20(15-18)33(29,30)25-12-3-4-13-25/h5-11,15H,2-4,12-14,16H2,1H3,(H,24,26). The van der Waals surface area contributed by atoms with Crippen LogP contribution in [0.15, 0.2) is 53.4 Å². The SMILES string of the molecule is CCCOC(=O)c1ccc(NC(=O)COC(=O)c2cccc(S(=O)(=O)N3CCCC3)c2)cc1. The van der Waals surface area contributed by atoms with Gasteiger partial charge in [-0.25, -0.2) is 18.0 Å². The number of hydrogen-bond acceptors (Lipinski definition) is 7. The summed E-state index contributed by atoms with van der Waals surface area (Å²) >= 11 is 0. The molecule has 0 saturated carbocycles. The maximum Gasteiger partial charge on any atom is 0.338 e. The van der Waals surface area contributed by atoms with E-state index >= 15 is 0 Å². The summed E-state index contributed by atoms with van der Waals surface area (Å²) in [5.74, 6) is -1.83. The zero-order chi connectivity index (χ0) is 23.8. The molecule has 0 radical (unpaired) electrons. The van der Waals surface area contributed by atoms with Crippen LogP contribution in [-0.2, 0) is 24.3 Å². The molecule has 176 valence electrons. The lowest BCUT2D eigenvalue weighted by Crippen LogP contribution is -2.28. The third-order valence-electron chi connectivity index (χ3n) is 4.95. The molecule has 0 bridgehead atoms. The number of sulfonamides is 1. The Bertz CT molecular complexity index is 1110. The Morgan fingerprint density at radius 1 is 0.939 bits per heavy atom. The number of carbonyl (C=O) groups excluding carboxylic acids is 3. The van der Waals surface area contributed by atoms with Gasteiger partial charge in [-0.3, -0.25) is 4.79 Å². The third-order valence-corrected chi connectivity index (χ3v) is 6.84. The molecule has 2 aromatic carbocycles. The molecule has 3 rings (SSSR count). The number of carbonyl (C=O) groups is 3. The highest BCUT2D eigenvalue weighted by atomic mass is 32.2. The molecule has 1 aliphatic heterocycles. The first-order valence-corrected chi connectivity index (χ1v) is 12.1. The number of benzene rings is 2. The third kappa shape index (κ3) is 6.39. The summed E-state index contributed by atoms with van der Waals surface area (Å²) in [6.45, 7) is 2.58. The van der Waals surface area contributed by atoms with Crippen molar-refractivity contribution in [1.29, 1.82) is 0 Å². The summed E-state index contributed by atoms with van der Waals surface area (Å²) in [7, 11) is -3.67. The van der Waals surface area contributed by atoms with Crippen LogP contribution < -0.4 is 5.32 Å². The predicted molar refractivity (Wildman–Crippen MR) is 120 cm³/mol. The van der Waals surface area contributed by atoms with Gasteiger partial charge in [0.2, 0.25) is 10.0 Å². The van der Waals surface area contributed by atoms with Crippen LogP contribution in [0.3, 0.4) is 0 Å². The molecule has 1 saturated heterocycles. The van der Waals surface area contributed by atoms with Gasteiger partial charge in [0.05, 0.1) is 22.6 Å². The number of amides is 1. The topological polar surface area (TPSA) is 119 Å². The van der Waals surface area contributed by atoms with Crippen molar-refractivity contribution in [1.82, 2.24) is 4.31 Å². The van der Waals surface area contributed by atoms with Crippen LogP contribution in [0.25, 0.3) is 0 Å². The predicted octanol–water partition coefficient (Wildman–Crippen LogP) is 2.83. The van der Waals surface area contributed by atoms with Crippen molar-refractivity contribution in [2.24, 2.45) is 0 Å². The van der Waals surface area contributed by atoms with Gasteiger partial charge in [0.1, 0.15) is 0 Å². The molecule has 10 heteroatoms. The van der Waals surface area contributed by atoms with Crippen LogP contribution >= 0.6 is 0 Å². The van der Waals surface area contributed by atoms with Gasteiger partial charge in [-0.2, -0.15) is 4.31 Å². The summed E-state index contributed by atoms with van der Waals surface area (Å²) in [4.78, 5) is 36.3. The Morgan fingerprint density at radius 2 is 1.61 bits per heavy atom. The summed E-state index contributed by atoms with van der Waals surface area (Å²) in [6, 6.07) is 11.7. The van der Waals surface area contributed by atoms with Crippen molar-refractivity contribution in [2.75, 3.05) is 31.6 Å². The second kappa shape index (κ2) is 11.1. The van der Waals surface area contributed by atoms with Gasteiger partial charge in [0.15, 0.2) is 6.61 Å². The molecule has 1 fully saturated rings. The maximum absolute atomic E-state index is 12.7. The van der Waals surface area contributed by atoms with E-state index in [1.54, 1.807) is 0 Å². The van der Waals surface area contributed by atoms with E-state index in [-0.39, 0.29) is 10.5 Å². The van der Waals surface area contributed by atoms with Crippen LogP contribution in [-0.4, -0.2) is 56.9 Å². The van der Waals surface area contributed by atoms with Crippen molar-refractivity contribution in [2.45, 2.75) is 31.1 Å². The van der Waals surface area contributed by atoms with Crippen molar-refractivity contribution >= 4 is 33.6 Å². The first kappa shape index (κ1) is 24.4. The summed E-state index contributed by atoms with van der Waals surface area (Å²) in [5.41, 5.74) is 0.816. The Hall–Kier alpha value is -3.24. The van der Waals surface area contributed by atoms with E-state index in [1.165, 1.54) is 52.8 Å². The smallest absolute Gasteiger partial charge is 0.338 e. The fourth-order valence-corrected chi connectivity index (χ4v) is 4.80. The molecule has 33 heavy (non-hydrogen) atoms. The number of rotatable bonds is 9. The molecule has 1 heterocycles. The van der Waals surface area contributed by atoms with E-state index in [0.717, 1.165) is 19.3 Å². The molecule has 0 spiro atoms. The maximum atomic E-state index is 12.7. The lowest BCUT2D eigenvalue weighted by molar-refractivity contribution is -0.119. The van der Waals surface area contributed by atoms with Crippen molar-refractivity contribution < 1.29 is 32.3 Å². The minimum absolute atomic E-state index is 0.0147. The summed E-state index contributed by atoms with van der Waals surface area (Å²) in [5, 5.41) is 2.56. The van der Waals surface area contributed by atoms with Crippen molar-refractivity contribution in [3.05, 3.63) is 59.7 Å². The average Bonchev–Trinajstić information content (AvgIpc) is 3.37. The molecule has 0 atom stereocenters. The number of nitrogens with one attached hydrogen (secondary N) is 1. The second-order valence-corrected chi connectivity index (χ2v) is 9.41. The van der Waals surface area contributed by atoms with Crippen LogP contribution in [0.4, 0.5) is 5.69 Å². The highest BCUT2D eigenvalue weighted by Crippen LogP contribution is 2.22. The highest BCUT2D eigenvalue weighted by molar-refractivity contribution is 7.89. The average molecular weight is 475 g/mol. The van der Waals surface area contributed by atoms with E-state index < -0.39 is 34.5 Å². The first-order valence-electron chi connectivity index (χ1n) is 10.7. The molecule has 1 amide bonds. The zero-order valence-electron chi connectivity index (χ0n) is 18.3. The molecule has 0 aliphatic carbocycles. The Labute approximate surface area is 192 Å². The summed E-state index contributed by atoms with van der Waals surface area (Å²) in [6.07, 6.45) is 2.33. The molecule has 1 aliphatic rings. The van der Waals surface area contributed by atoms with Gasteiger partial charge < -0.3 is 14.8 Å². The molecule has 2 aromatic rings. The first-order chi connectivity index (χ1) is 15.8. The van der Waals surface area contributed by atoms with Gasteiger partial charge in [-0.05, 0) is 61.7 Å². The molecule has 9 nitrogen and oxygen atoms in total. The number of esters is 2. The molecule has 1 N–H and O–H groups in total.